The lowest BCUT2D eigenvalue weighted by Crippen LogP contribution is -2.58. The molecule has 0 heterocycles. The first kappa shape index (κ1) is 15.6. The first-order valence-electron chi connectivity index (χ1n) is 7.09. The lowest BCUT2D eigenvalue weighted by atomic mass is 9.80. The predicted molar refractivity (Wildman–Crippen MR) is 82.5 cm³/mol. The van der Waals surface area contributed by atoms with Crippen LogP contribution >= 0.6 is 11.6 Å². The minimum absolute atomic E-state index is 0.0895. The Labute approximate surface area is 129 Å². The number of amidine groups is 1. The molecule has 114 valence electrons. The van der Waals surface area contributed by atoms with E-state index in [2.05, 4.69) is 10.5 Å². The molecule has 4 N–H and O–H groups in total. The van der Waals surface area contributed by atoms with E-state index < -0.39 is 5.54 Å². The summed E-state index contributed by atoms with van der Waals surface area (Å²) >= 11 is 5.83. The molecule has 0 unspecified atom stereocenters. The molecule has 6 heteroatoms. The van der Waals surface area contributed by atoms with Gasteiger partial charge in [-0.25, -0.2) is 0 Å². The van der Waals surface area contributed by atoms with Gasteiger partial charge in [-0.2, -0.15) is 0 Å². The summed E-state index contributed by atoms with van der Waals surface area (Å²) in [5.74, 6) is -0.0440. The van der Waals surface area contributed by atoms with Crippen molar-refractivity contribution in [3.05, 3.63) is 34.9 Å². The average molecular weight is 310 g/mol. The topological polar surface area (TPSA) is 87.7 Å². The number of hydrogen-bond acceptors (Lipinski definition) is 3. The van der Waals surface area contributed by atoms with Crippen LogP contribution in [-0.4, -0.2) is 22.5 Å². The van der Waals surface area contributed by atoms with Gasteiger partial charge in [-0.15, -0.1) is 0 Å². The second-order valence-electron chi connectivity index (χ2n) is 5.48. The van der Waals surface area contributed by atoms with Crippen LogP contribution in [0, 0.1) is 0 Å². The largest absolute Gasteiger partial charge is 0.409 e. The molecule has 0 aromatic heterocycles. The third-order valence-corrected chi connectivity index (χ3v) is 4.21. The predicted octanol–water partition coefficient (Wildman–Crippen LogP) is 2.45. The maximum atomic E-state index is 12.3. The minimum Gasteiger partial charge on any atom is -0.409 e. The average Bonchev–Trinajstić information content (AvgIpc) is 2.49. The van der Waals surface area contributed by atoms with Crippen LogP contribution in [0.3, 0.4) is 0 Å². The number of hydrogen-bond donors (Lipinski definition) is 3. The Hall–Kier alpha value is -1.75. The first-order chi connectivity index (χ1) is 10.1. The molecule has 0 spiro atoms. The number of nitrogens with zero attached hydrogens (tertiary/aromatic N) is 1. The molecule has 0 atom stereocenters. The van der Waals surface area contributed by atoms with Crippen LogP contribution in [-0.2, 0) is 11.2 Å². The molecule has 1 aliphatic carbocycles. The number of carbonyl (C=O) groups excluding carboxylic acids is 1. The normalized spacial score (nSPS) is 18.2. The molecule has 1 saturated carbocycles. The zero-order valence-electron chi connectivity index (χ0n) is 11.8. The molecule has 1 aliphatic rings. The molecule has 0 radical (unpaired) electrons. The monoisotopic (exact) mass is 309 g/mol. The van der Waals surface area contributed by atoms with Gasteiger partial charge in [0.05, 0.1) is 6.42 Å². The maximum absolute atomic E-state index is 12.3. The summed E-state index contributed by atoms with van der Waals surface area (Å²) in [6.07, 6.45) is 4.67. The number of carbonyl (C=O) groups is 1. The summed E-state index contributed by atoms with van der Waals surface area (Å²) in [7, 11) is 0. The highest BCUT2D eigenvalue weighted by atomic mass is 35.5. The van der Waals surface area contributed by atoms with Gasteiger partial charge >= 0.3 is 0 Å². The number of amides is 1. The Morgan fingerprint density at radius 2 is 1.90 bits per heavy atom. The van der Waals surface area contributed by atoms with Crippen molar-refractivity contribution < 1.29 is 10.0 Å². The van der Waals surface area contributed by atoms with Gasteiger partial charge in [0.25, 0.3) is 0 Å². The second-order valence-corrected chi connectivity index (χ2v) is 5.92. The molecular formula is C15H20ClN3O2. The van der Waals surface area contributed by atoms with Gasteiger partial charge in [-0.3, -0.25) is 4.79 Å². The van der Waals surface area contributed by atoms with Gasteiger partial charge in [0.1, 0.15) is 5.54 Å². The van der Waals surface area contributed by atoms with E-state index >= 15 is 0 Å². The van der Waals surface area contributed by atoms with Crippen LogP contribution in [0.1, 0.15) is 37.7 Å². The molecule has 1 aromatic rings. The van der Waals surface area contributed by atoms with E-state index in [4.69, 9.17) is 22.5 Å². The summed E-state index contributed by atoms with van der Waals surface area (Å²) in [5.41, 5.74) is 5.98. The van der Waals surface area contributed by atoms with Crippen molar-refractivity contribution in [2.24, 2.45) is 10.9 Å². The van der Waals surface area contributed by atoms with Crippen molar-refractivity contribution in [1.82, 2.24) is 5.32 Å². The SMILES string of the molecule is N/C(=N/O)C1(NC(=O)Cc2ccc(Cl)cc2)CCCCC1. The molecule has 0 saturated heterocycles. The molecule has 0 aliphatic heterocycles. The summed E-state index contributed by atoms with van der Waals surface area (Å²) in [4.78, 5) is 12.3. The highest BCUT2D eigenvalue weighted by Crippen LogP contribution is 2.28. The van der Waals surface area contributed by atoms with Gasteiger partial charge in [0.15, 0.2) is 5.84 Å². The Bertz CT molecular complexity index is 522. The first-order valence-corrected chi connectivity index (χ1v) is 7.47. The fraction of sp³-hybridized carbons (Fsp3) is 0.467. The molecule has 0 bridgehead atoms. The molecule has 1 aromatic carbocycles. The zero-order valence-corrected chi connectivity index (χ0v) is 12.6. The van der Waals surface area contributed by atoms with Crippen molar-refractivity contribution in [2.45, 2.75) is 44.1 Å². The second kappa shape index (κ2) is 6.80. The number of oxime groups is 1. The van der Waals surface area contributed by atoms with Crippen LogP contribution in [0.5, 0.6) is 0 Å². The van der Waals surface area contributed by atoms with Crippen LogP contribution in [0.4, 0.5) is 0 Å². The van der Waals surface area contributed by atoms with Crippen molar-refractivity contribution in [3.63, 3.8) is 0 Å². The van der Waals surface area contributed by atoms with E-state index in [1.54, 1.807) is 12.1 Å². The summed E-state index contributed by atoms with van der Waals surface area (Å²) in [6.45, 7) is 0. The van der Waals surface area contributed by atoms with E-state index in [1.807, 2.05) is 12.1 Å². The van der Waals surface area contributed by atoms with E-state index in [0.717, 1.165) is 24.8 Å². The molecule has 2 rings (SSSR count). The molecule has 1 amide bonds. The molecular weight excluding hydrogens is 290 g/mol. The number of nitrogens with one attached hydrogen (secondary N) is 1. The number of rotatable bonds is 4. The smallest absolute Gasteiger partial charge is 0.225 e. The maximum Gasteiger partial charge on any atom is 0.225 e. The Morgan fingerprint density at radius 1 is 1.29 bits per heavy atom. The Balaban J connectivity index is 2.06. The highest BCUT2D eigenvalue weighted by molar-refractivity contribution is 6.30. The third kappa shape index (κ3) is 3.88. The summed E-state index contributed by atoms with van der Waals surface area (Å²) < 4.78 is 0. The quantitative estimate of drug-likeness (QED) is 0.345. The molecule has 5 nitrogen and oxygen atoms in total. The van der Waals surface area contributed by atoms with Crippen molar-refractivity contribution in [3.8, 4) is 0 Å². The van der Waals surface area contributed by atoms with Crippen molar-refractivity contribution >= 4 is 23.3 Å². The lowest BCUT2D eigenvalue weighted by Gasteiger charge is -2.36. The lowest BCUT2D eigenvalue weighted by molar-refractivity contribution is -0.122. The van der Waals surface area contributed by atoms with E-state index in [9.17, 15) is 4.79 Å². The Kier molecular flexibility index (Phi) is 5.07. The van der Waals surface area contributed by atoms with E-state index in [-0.39, 0.29) is 18.2 Å². The fourth-order valence-corrected chi connectivity index (χ4v) is 2.92. The van der Waals surface area contributed by atoms with Crippen LogP contribution in [0.15, 0.2) is 29.4 Å². The molecule has 21 heavy (non-hydrogen) atoms. The van der Waals surface area contributed by atoms with Gasteiger partial charge in [-0.1, -0.05) is 48.2 Å². The van der Waals surface area contributed by atoms with Gasteiger partial charge in [0.2, 0.25) is 5.91 Å². The fourth-order valence-electron chi connectivity index (χ4n) is 2.79. The molecule has 1 fully saturated rings. The van der Waals surface area contributed by atoms with Gasteiger partial charge in [0, 0.05) is 5.02 Å². The van der Waals surface area contributed by atoms with E-state index in [0.29, 0.717) is 17.9 Å². The van der Waals surface area contributed by atoms with Crippen molar-refractivity contribution in [2.75, 3.05) is 0 Å². The van der Waals surface area contributed by atoms with Crippen LogP contribution < -0.4 is 11.1 Å². The standard InChI is InChI=1S/C15H20ClN3O2/c16-12-6-4-11(5-7-12)10-13(20)18-15(14(17)19-21)8-2-1-3-9-15/h4-7,21H,1-3,8-10H2,(H2,17,19)(H,18,20). The highest BCUT2D eigenvalue weighted by Gasteiger charge is 2.37. The van der Waals surface area contributed by atoms with Crippen LogP contribution in [0.2, 0.25) is 5.02 Å². The van der Waals surface area contributed by atoms with Gasteiger partial charge in [-0.05, 0) is 30.5 Å². The number of benzene rings is 1. The van der Waals surface area contributed by atoms with Crippen LogP contribution in [0.25, 0.3) is 0 Å². The summed E-state index contributed by atoms with van der Waals surface area (Å²) in [5, 5.41) is 15.7. The number of halogens is 1. The summed E-state index contributed by atoms with van der Waals surface area (Å²) in [6, 6.07) is 7.14. The van der Waals surface area contributed by atoms with E-state index in [1.165, 1.54) is 0 Å². The third-order valence-electron chi connectivity index (χ3n) is 3.96. The van der Waals surface area contributed by atoms with Crippen molar-refractivity contribution in [1.29, 1.82) is 0 Å². The number of nitrogens with two attached hydrogens (primary N) is 1. The van der Waals surface area contributed by atoms with Gasteiger partial charge < -0.3 is 16.3 Å². The Morgan fingerprint density at radius 3 is 2.48 bits per heavy atom. The zero-order chi connectivity index (χ0) is 15.3. The minimum atomic E-state index is -0.712.